The average Bonchev–Trinajstić information content (AvgIpc) is 3.63. The van der Waals surface area contributed by atoms with Crippen LogP contribution < -0.4 is 5.32 Å². The second kappa shape index (κ2) is 12.3. The number of fused-ring (bicyclic) bond motifs is 1. The van der Waals surface area contributed by atoms with Gasteiger partial charge in [0.2, 0.25) is 11.8 Å². The summed E-state index contributed by atoms with van der Waals surface area (Å²) < 4.78 is 13.5. The number of thiazole rings is 1. The SMILES string of the molecule is CCC.Cc1ncsc1-c1ccc(CNC(=O)C2CCCN2C(=O)CN2Cc3ccc(F)cc3C2=O)cc1. The lowest BCUT2D eigenvalue weighted by molar-refractivity contribution is -0.139. The Hall–Kier alpha value is -3.59. The molecule has 3 heterocycles. The second-order valence-corrected chi connectivity index (χ2v) is 10.5. The zero-order chi connectivity index (χ0) is 27.2. The van der Waals surface area contributed by atoms with Gasteiger partial charge in [0.25, 0.3) is 5.91 Å². The number of hydrogen-bond donors (Lipinski definition) is 1. The number of carbonyl (C=O) groups is 3. The Balaban J connectivity index is 0.00000107. The molecular formula is C29H33FN4O3S. The van der Waals surface area contributed by atoms with E-state index in [-0.39, 0.29) is 30.8 Å². The van der Waals surface area contributed by atoms with Crippen LogP contribution in [0.3, 0.4) is 0 Å². The van der Waals surface area contributed by atoms with E-state index in [9.17, 15) is 18.8 Å². The summed E-state index contributed by atoms with van der Waals surface area (Å²) in [5, 5.41) is 2.95. The topological polar surface area (TPSA) is 82.6 Å². The molecule has 7 nitrogen and oxygen atoms in total. The third-order valence-corrected chi connectivity index (χ3v) is 7.56. The molecule has 2 aliphatic heterocycles. The largest absolute Gasteiger partial charge is 0.350 e. The van der Waals surface area contributed by atoms with E-state index >= 15 is 0 Å². The Morgan fingerprint density at radius 3 is 2.58 bits per heavy atom. The van der Waals surface area contributed by atoms with Gasteiger partial charge < -0.3 is 15.1 Å². The molecule has 38 heavy (non-hydrogen) atoms. The summed E-state index contributed by atoms with van der Waals surface area (Å²) in [6.07, 6.45) is 2.56. The summed E-state index contributed by atoms with van der Waals surface area (Å²) in [6, 6.07) is 11.5. The van der Waals surface area contributed by atoms with Gasteiger partial charge in [0, 0.05) is 25.2 Å². The average molecular weight is 537 g/mol. The van der Waals surface area contributed by atoms with Crippen molar-refractivity contribution in [1.29, 1.82) is 0 Å². The molecule has 200 valence electrons. The number of nitrogens with one attached hydrogen (secondary N) is 1. The standard InChI is InChI=1S/C26H25FN4O3S.C3H8/c1-16-24(35-15-29-16)18-6-4-17(5-7-18)12-28-25(33)22-3-2-10-31(22)23(32)14-30-13-19-8-9-20(27)11-21(19)26(30)34;1-3-2/h4-9,11,15,22H,2-3,10,12-14H2,1H3,(H,28,33);3H2,1-2H3. The van der Waals surface area contributed by atoms with Gasteiger partial charge in [0.15, 0.2) is 0 Å². The number of hydrogen-bond acceptors (Lipinski definition) is 5. The highest BCUT2D eigenvalue weighted by atomic mass is 32.1. The number of amides is 3. The Bertz CT molecular complexity index is 1310. The minimum absolute atomic E-state index is 0.128. The molecule has 1 N–H and O–H groups in total. The highest BCUT2D eigenvalue weighted by Crippen LogP contribution is 2.27. The Labute approximate surface area is 226 Å². The summed E-state index contributed by atoms with van der Waals surface area (Å²) >= 11 is 1.60. The van der Waals surface area contributed by atoms with Gasteiger partial charge in [-0.1, -0.05) is 50.6 Å². The van der Waals surface area contributed by atoms with E-state index in [4.69, 9.17) is 0 Å². The van der Waals surface area contributed by atoms with Crippen LogP contribution in [0.5, 0.6) is 0 Å². The molecule has 0 saturated carbocycles. The molecule has 0 radical (unpaired) electrons. The Morgan fingerprint density at radius 1 is 1.16 bits per heavy atom. The highest BCUT2D eigenvalue weighted by Gasteiger charge is 2.36. The third-order valence-electron chi connectivity index (χ3n) is 6.58. The summed E-state index contributed by atoms with van der Waals surface area (Å²) in [7, 11) is 0. The predicted molar refractivity (Wildman–Crippen MR) is 146 cm³/mol. The molecule has 0 aliphatic carbocycles. The number of aryl methyl sites for hydroxylation is 1. The fourth-order valence-electron chi connectivity index (χ4n) is 4.71. The molecule has 0 bridgehead atoms. The fraction of sp³-hybridized carbons (Fsp3) is 0.379. The first-order valence-electron chi connectivity index (χ1n) is 13.0. The number of rotatable bonds is 6. The zero-order valence-electron chi connectivity index (χ0n) is 22.0. The van der Waals surface area contributed by atoms with Crippen LogP contribution in [0, 0.1) is 12.7 Å². The summed E-state index contributed by atoms with van der Waals surface area (Å²) in [5.74, 6) is -1.30. The first-order chi connectivity index (χ1) is 18.3. The first kappa shape index (κ1) is 27.4. The molecule has 1 aromatic heterocycles. The van der Waals surface area contributed by atoms with Crippen molar-refractivity contribution < 1.29 is 18.8 Å². The van der Waals surface area contributed by atoms with Gasteiger partial charge in [-0.25, -0.2) is 9.37 Å². The lowest BCUT2D eigenvalue weighted by atomic mass is 10.1. The van der Waals surface area contributed by atoms with Crippen molar-refractivity contribution in [2.24, 2.45) is 0 Å². The van der Waals surface area contributed by atoms with Crippen LogP contribution in [0.1, 0.15) is 60.3 Å². The van der Waals surface area contributed by atoms with Crippen molar-refractivity contribution >= 4 is 29.1 Å². The number of benzene rings is 2. The van der Waals surface area contributed by atoms with E-state index in [0.29, 0.717) is 30.6 Å². The van der Waals surface area contributed by atoms with Crippen molar-refractivity contribution in [2.45, 2.75) is 59.2 Å². The number of likely N-dealkylation sites (tertiary alicyclic amines) is 1. The maximum absolute atomic E-state index is 13.5. The van der Waals surface area contributed by atoms with Crippen LogP contribution in [-0.2, 0) is 22.7 Å². The Morgan fingerprint density at radius 2 is 1.89 bits per heavy atom. The van der Waals surface area contributed by atoms with Crippen LogP contribution in [0.15, 0.2) is 48.0 Å². The van der Waals surface area contributed by atoms with Crippen molar-refractivity contribution in [3.8, 4) is 10.4 Å². The minimum Gasteiger partial charge on any atom is -0.350 e. The van der Waals surface area contributed by atoms with E-state index in [1.165, 1.54) is 23.5 Å². The number of aromatic nitrogens is 1. The molecule has 9 heteroatoms. The maximum Gasteiger partial charge on any atom is 0.255 e. The van der Waals surface area contributed by atoms with E-state index < -0.39 is 11.9 Å². The molecule has 2 aromatic carbocycles. The molecule has 1 fully saturated rings. The minimum atomic E-state index is -0.556. The molecule has 5 rings (SSSR count). The van der Waals surface area contributed by atoms with Crippen LogP contribution in [-0.4, -0.2) is 51.6 Å². The summed E-state index contributed by atoms with van der Waals surface area (Å²) in [6.45, 7) is 7.21. The Kier molecular flexibility index (Phi) is 8.89. The fourth-order valence-corrected chi connectivity index (χ4v) is 5.52. The molecular weight excluding hydrogens is 503 g/mol. The third kappa shape index (κ3) is 6.10. The van der Waals surface area contributed by atoms with Gasteiger partial charge in [-0.15, -0.1) is 11.3 Å². The number of halogens is 1. The predicted octanol–water partition coefficient (Wildman–Crippen LogP) is 4.94. The van der Waals surface area contributed by atoms with Gasteiger partial charge in [0.05, 0.1) is 16.1 Å². The quantitative estimate of drug-likeness (QED) is 0.484. The van der Waals surface area contributed by atoms with Gasteiger partial charge in [-0.2, -0.15) is 0 Å². The van der Waals surface area contributed by atoms with Crippen LogP contribution in [0.4, 0.5) is 4.39 Å². The number of nitrogens with zero attached hydrogens (tertiary/aromatic N) is 3. The molecule has 1 atom stereocenters. The van der Waals surface area contributed by atoms with Crippen molar-refractivity contribution in [2.75, 3.05) is 13.1 Å². The van der Waals surface area contributed by atoms with Gasteiger partial charge in [-0.3, -0.25) is 14.4 Å². The molecule has 1 unspecified atom stereocenters. The van der Waals surface area contributed by atoms with Crippen LogP contribution >= 0.6 is 11.3 Å². The van der Waals surface area contributed by atoms with Crippen LogP contribution in [0.25, 0.3) is 10.4 Å². The lowest BCUT2D eigenvalue weighted by Crippen LogP contribution is -2.48. The van der Waals surface area contributed by atoms with Gasteiger partial charge >= 0.3 is 0 Å². The molecule has 1 saturated heterocycles. The van der Waals surface area contributed by atoms with Crippen LogP contribution in [0.2, 0.25) is 0 Å². The monoisotopic (exact) mass is 536 g/mol. The lowest BCUT2D eigenvalue weighted by Gasteiger charge is -2.26. The zero-order valence-corrected chi connectivity index (χ0v) is 22.8. The highest BCUT2D eigenvalue weighted by molar-refractivity contribution is 7.13. The summed E-state index contributed by atoms with van der Waals surface area (Å²) in [4.78, 5) is 46.9. The first-order valence-corrected chi connectivity index (χ1v) is 13.8. The van der Waals surface area contributed by atoms with E-state index in [2.05, 4.69) is 24.1 Å². The van der Waals surface area contributed by atoms with Crippen molar-refractivity contribution in [3.05, 3.63) is 76.2 Å². The molecule has 3 aromatic rings. The maximum atomic E-state index is 13.5. The number of carbonyl (C=O) groups excluding carboxylic acids is 3. The smallest absolute Gasteiger partial charge is 0.255 e. The van der Waals surface area contributed by atoms with E-state index in [1.807, 2.05) is 36.7 Å². The van der Waals surface area contributed by atoms with Crippen molar-refractivity contribution in [1.82, 2.24) is 20.1 Å². The van der Waals surface area contributed by atoms with E-state index in [0.717, 1.165) is 28.1 Å². The molecule has 0 spiro atoms. The van der Waals surface area contributed by atoms with Gasteiger partial charge in [-0.05, 0) is 48.6 Å². The second-order valence-electron chi connectivity index (χ2n) is 9.60. The van der Waals surface area contributed by atoms with Crippen molar-refractivity contribution in [3.63, 3.8) is 0 Å². The summed E-state index contributed by atoms with van der Waals surface area (Å²) in [5.41, 5.74) is 5.88. The molecule has 2 aliphatic rings. The normalized spacial score (nSPS) is 16.2. The molecule has 3 amide bonds. The van der Waals surface area contributed by atoms with Gasteiger partial charge in [0.1, 0.15) is 18.4 Å². The van der Waals surface area contributed by atoms with E-state index in [1.54, 1.807) is 22.3 Å².